The SMILES string of the molecule is Cc1cc(C)nc(Nc2cncc(C3CCCN3S(=O)(=O)c3ccc(F)cc3)n2)n1. The molecule has 1 atom stereocenters. The van der Waals surface area contributed by atoms with Crippen LogP contribution in [0.3, 0.4) is 0 Å². The fraction of sp³-hybridized carbons (Fsp3) is 0.300. The van der Waals surface area contributed by atoms with Crippen LogP contribution in [0.15, 0.2) is 47.6 Å². The lowest BCUT2D eigenvalue weighted by Gasteiger charge is -2.23. The molecule has 1 fully saturated rings. The summed E-state index contributed by atoms with van der Waals surface area (Å²) in [6.07, 6.45) is 4.43. The number of benzene rings is 1. The molecule has 0 saturated carbocycles. The van der Waals surface area contributed by atoms with Gasteiger partial charge in [0, 0.05) is 17.9 Å². The van der Waals surface area contributed by atoms with Gasteiger partial charge in [-0.25, -0.2) is 27.8 Å². The molecule has 156 valence electrons. The van der Waals surface area contributed by atoms with E-state index in [0.29, 0.717) is 36.8 Å². The summed E-state index contributed by atoms with van der Waals surface area (Å²) in [7, 11) is -3.78. The molecule has 1 N–H and O–H groups in total. The molecule has 2 aromatic heterocycles. The van der Waals surface area contributed by atoms with Crippen molar-refractivity contribution in [2.24, 2.45) is 0 Å². The maximum absolute atomic E-state index is 13.2. The van der Waals surface area contributed by atoms with Gasteiger partial charge < -0.3 is 5.32 Å². The van der Waals surface area contributed by atoms with Crippen molar-refractivity contribution < 1.29 is 12.8 Å². The first-order valence-corrected chi connectivity index (χ1v) is 11.0. The van der Waals surface area contributed by atoms with Crippen molar-refractivity contribution >= 4 is 21.8 Å². The number of hydrogen-bond donors (Lipinski definition) is 1. The van der Waals surface area contributed by atoms with Crippen LogP contribution in [0.4, 0.5) is 16.2 Å². The van der Waals surface area contributed by atoms with Gasteiger partial charge >= 0.3 is 0 Å². The Bertz CT molecular complexity index is 1150. The van der Waals surface area contributed by atoms with Crippen LogP contribution >= 0.6 is 0 Å². The Kier molecular flexibility index (Phi) is 5.44. The maximum atomic E-state index is 13.2. The number of rotatable bonds is 5. The fourth-order valence-corrected chi connectivity index (χ4v) is 5.23. The highest BCUT2D eigenvalue weighted by atomic mass is 32.2. The van der Waals surface area contributed by atoms with E-state index in [1.54, 1.807) is 6.20 Å². The number of nitrogens with zero attached hydrogens (tertiary/aromatic N) is 5. The highest BCUT2D eigenvalue weighted by molar-refractivity contribution is 7.89. The standard InChI is InChI=1S/C20H21FN6O2S/c1-13-10-14(2)24-20(23-13)26-19-12-22-11-17(25-19)18-4-3-9-27(18)30(28,29)16-7-5-15(21)6-8-16/h5-8,10-12,18H,3-4,9H2,1-2H3,(H,23,24,25,26). The van der Waals surface area contributed by atoms with Gasteiger partial charge in [-0.05, 0) is 57.0 Å². The molecular formula is C20H21FN6O2S. The second kappa shape index (κ2) is 8.04. The molecule has 10 heteroatoms. The van der Waals surface area contributed by atoms with Crippen LogP contribution in [0.5, 0.6) is 0 Å². The van der Waals surface area contributed by atoms with Crippen molar-refractivity contribution in [2.45, 2.75) is 37.6 Å². The molecular weight excluding hydrogens is 407 g/mol. The van der Waals surface area contributed by atoms with Crippen LogP contribution in [-0.4, -0.2) is 39.2 Å². The van der Waals surface area contributed by atoms with Crippen molar-refractivity contribution in [3.05, 3.63) is 65.6 Å². The molecule has 1 saturated heterocycles. The Morgan fingerprint density at radius 2 is 1.77 bits per heavy atom. The first-order valence-electron chi connectivity index (χ1n) is 9.51. The summed E-state index contributed by atoms with van der Waals surface area (Å²) in [5.41, 5.74) is 2.18. The number of nitrogens with one attached hydrogen (secondary N) is 1. The predicted molar refractivity (Wildman–Crippen MR) is 109 cm³/mol. The first kappa shape index (κ1) is 20.3. The monoisotopic (exact) mass is 428 g/mol. The summed E-state index contributed by atoms with van der Waals surface area (Å²) < 4.78 is 40.8. The number of anilines is 2. The molecule has 3 aromatic rings. The molecule has 1 aromatic carbocycles. The molecule has 30 heavy (non-hydrogen) atoms. The molecule has 0 aliphatic carbocycles. The minimum absolute atomic E-state index is 0.0571. The highest BCUT2D eigenvalue weighted by Crippen LogP contribution is 2.36. The Labute approximate surface area is 174 Å². The van der Waals surface area contributed by atoms with Crippen LogP contribution in [0.1, 0.15) is 36.0 Å². The molecule has 0 bridgehead atoms. The molecule has 1 unspecified atom stereocenters. The molecule has 4 rings (SSSR count). The molecule has 0 amide bonds. The van der Waals surface area contributed by atoms with Gasteiger partial charge in [0.1, 0.15) is 5.82 Å². The number of aromatic nitrogens is 4. The zero-order valence-electron chi connectivity index (χ0n) is 16.6. The van der Waals surface area contributed by atoms with Crippen LogP contribution in [0.2, 0.25) is 0 Å². The zero-order chi connectivity index (χ0) is 21.3. The summed E-state index contributed by atoms with van der Waals surface area (Å²) in [5, 5.41) is 3.04. The molecule has 3 heterocycles. The smallest absolute Gasteiger partial charge is 0.243 e. The van der Waals surface area contributed by atoms with Crippen LogP contribution in [0, 0.1) is 19.7 Å². The summed E-state index contributed by atoms with van der Waals surface area (Å²) in [6, 6.07) is 6.26. The van der Waals surface area contributed by atoms with E-state index in [9.17, 15) is 12.8 Å². The lowest BCUT2D eigenvalue weighted by atomic mass is 10.2. The number of aryl methyl sites for hydroxylation is 2. The van der Waals surface area contributed by atoms with Crippen molar-refractivity contribution in [1.29, 1.82) is 0 Å². The lowest BCUT2D eigenvalue weighted by molar-refractivity contribution is 0.390. The van der Waals surface area contributed by atoms with Gasteiger partial charge in [0.15, 0.2) is 5.82 Å². The number of halogens is 1. The zero-order valence-corrected chi connectivity index (χ0v) is 17.4. The third-order valence-electron chi connectivity index (χ3n) is 4.84. The summed E-state index contributed by atoms with van der Waals surface area (Å²) in [4.78, 5) is 17.5. The third kappa shape index (κ3) is 4.14. The van der Waals surface area contributed by atoms with Crippen molar-refractivity contribution in [1.82, 2.24) is 24.2 Å². The minimum Gasteiger partial charge on any atom is -0.307 e. The maximum Gasteiger partial charge on any atom is 0.243 e. The molecule has 0 radical (unpaired) electrons. The van der Waals surface area contributed by atoms with E-state index in [1.165, 1.54) is 22.6 Å². The predicted octanol–water partition coefficient (Wildman–Crippen LogP) is 3.29. The second-order valence-corrected chi connectivity index (χ2v) is 9.05. The quantitative estimate of drug-likeness (QED) is 0.665. The Hall–Kier alpha value is -2.98. The summed E-state index contributed by atoms with van der Waals surface area (Å²) in [5.74, 6) is 0.356. The van der Waals surface area contributed by atoms with E-state index in [1.807, 2.05) is 19.9 Å². The molecule has 1 aliphatic rings. The molecule has 0 spiro atoms. The topological polar surface area (TPSA) is 101 Å². The third-order valence-corrected chi connectivity index (χ3v) is 6.76. The van der Waals surface area contributed by atoms with E-state index < -0.39 is 21.9 Å². The van der Waals surface area contributed by atoms with Crippen LogP contribution < -0.4 is 5.32 Å². The molecule has 8 nitrogen and oxygen atoms in total. The van der Waals surface area contributed by atoms with Crippen molar-refractivity contribution in [2.75, 3.05) is 11.9 Å². The number of hydrogen-bond acceptors (Lipinski definition) is 7. The molecule has 1 aliphatic heterocycles. The van der Waals surface area contributed by atoms with Gasteiger partial charge in [-0.3, -0.25) is 4.98 Å². The van der Waals surface area contributed by atoms with Gasteiger partial charge in [-0.1, -0.05) is 0 Å². The highest BCUT2D eigenvalue weighted by Gasteiger charge is 2.37. The van der Waals surface area contributed by atoms with Gasteiger partial charge in [0.2, 0.25) is 16.0 Å². The normalized spacial score (nSPS) is 17.2. The van der Waals surface area contributed by atoms with E-state index in [-0.39, 0.29) is 4.90 Å². The number of sulfonamides is 1. The Morgan fingerprint density at radius 1 is 1.07 bits per heavy atom. The van der Waals surface area contributed by atoms with Crippen molar-refractivity contribution in [3.8, 4) is 0 Å². The largest absolute Gasteiger partial charge is 0.307 e. The van der Waals surface area contributed by atoms with E-state index >= 15 is 0 Å². The van der Waals surface area contributed by atoms with Crippen LogP contribution in [-0.2, 0) is 10.0 Å². The Balaban J connectivity index is 1.61. The van der Waals surface area contributed by atoms with E-state index in [2.05, 4.69) is 25.3 Å². The van der Waals surface area contributed by atoms with Crippen LogP contribution in [0.25, 0.3) is 0 Å². The van der Waals surface area contributed by atoms with E-state index in [4.69, 9.17) is 0 Å². The van der Waals surface area contributed by atoms with Gasteiger partial charge in [-0.15, -0.1) is 0 Å². The average molecular weight is 428 g/mol. The average Bonchev–Trinajstić information content (AvgIpc) is 3.18. The van der Waals surface area contributed by atoms with Gasteiger partial charge in [0.05, 0.1) is 29.0 Å². The fourth-order valence-electron chi connectivity index (χ4n) is 3.56. The van der Waals surface area contributed by atoms with Gasteiger partial charge in [-0.2, -0.15) is 4.31 Å². The minimum atomic E-state index is -3.78. The lowest BCUT2D eigenvalue weighted by Crippen LogP contribution is -2.31. The first-order chi connectivity index (χ1) is 14.3. The second-order valence-electron chi connectivity index (χ2n) is 7.16. The summed E-state index contributed by atoms with van der Waals surface area (Å²) in [6.45, 7) is 4.11. The summed E-state index contributed by atoms with van der Waals surface area (Å²) >= 11 is 0. The van der Waals surface area contributed by atoms with Gasteiger partial charge in [0.25, 0.3) is 0 Å². The van der Waals surface area contributed by atoms with Crippen molar-refractivity contribution in [3.63, 3.8) is 0 Å². The van der Waals surface area contributed by atoms with E-state index in [0.717, 1.165) is 23.5 Å². The Morgan fingerprint density at radius 3 is 2.47 bits per heavy atom.